The van der Waals surface area contributed by atoms with Crippen molar-refractivity contribution in [3.05, 3.63) is 88.2 Å². The number of benzene rings is 1. The van der Waals surface area contributed by atoms with Crippen LogP contribution < -0.4 is 11.1 Å². The van der Waals surface area contributed by atoms with Crippen molar-refractivity contribution in [1.82, 2.24) is 5.32 Å². The Kier molecular flexibility index (Phi) is 13.1. The van der Waals surface area contributed by atoms with E-state index in [1.165, 1.54) is 0 Å². The molecule has 2 bridgehead atoms. The van der Waals surface area contributed by atoms with Crippen LogP contribution in [0.25, 0.3) is 5.57 Å². The highest BCUT2D eigenvalue weighted by Crippen LogP contribution is 2.37. The Balaban J connectivity index is 2.18. The highest BCUT2D eigenvalue weighted by Gasteiger charge is 2.37. The van der Waals surface area contributed by atoms with Gasteiger partial charge in [-0.25, -0.2) is 4.79 Å². The van der Waals surface area contributed by atoms with E-state index in [0.717, 1.165) is 18.4 Å². The minimum absolute atomic E-state index is 0.0110. The molecular formula is C38H50N2O6. The maximum Gasteiger partial charge on any atom is 0.405 e. The summed E-state index contributed by atoms with van der Waals surface area (Å²) in [6.07, 6.45) is 7.74. The summed E-state index contributed by atoms with van der Waals surface area (Å²) in [5.41, 5.74) is 8.18. The second-order valence-corrected chi connectivity index (χ2v) is 13.0. The third-order valence-corrected chi connectivity index (χ3v) is 8.96. The van der Waals surface area contributed by atoms with Crippen LogP contribution in [0.15, 0.2) is 82.6 Å². The molecule has 0 spiro atoms. The monoisotopic (exact) mass is 630 g/mol. The highest BCUT2D eigenvalue weighted by atomic mass is 16.6. The van der Waals surface area contributed by atoms with Gasteiger partial charge in [-0.2, -0.15) is 0 Å². The first kappa shape index (κ1) is 36.4. The van der Waals surface area contributed by atoms with Crippen molar-refractivity contribution in [3.8, 4) is 0 Å². The Morgan fingerprint density at radius 2 is 1.70 bits per heavy atom. The quantitative estimate of drug-likeness (QED) is 0.243. The largest absolute Gasteiger partial charge is 0.441 e. The van der Waals surface area contributed by atoms with Gasteiger partial charge in [0.1, 0.15) is 11.8 Å². The Labute approximate surface area is 273 Å². The molecule has 0 saturated heterocycles. The molecule has 0 saturated carbocycles. The molecule has 0 aromatic heterocycles. The van der Waals surface area contributed by atoms with E-state index in [9.17, 15) is 24.3 Å². The standard InChI is InChI=1S/C38H50N2O6/c1-8-9-18-29-30-20-22(2)19-25(5)33(41)26(6)21-27(7)36(46-38(39)45)23(3)14-13-15-24(4)37(44)40-32(35(30)43)31(34(29)42)28-16-11-10-12-17-28/h10-17,21-23,25-26,33,36,41H,8-9,18-20H2,1-7H3,(H2,39,45)(H,40,44)/b14-13-,24-15+,27-21+/t22-,23-,25-,26-,33-,36+/m0/s1. The van der Waals surface area contributed by atoms with Crippen molar-refractivity contribution in [2.45, 2.75) is 92.8 Å². The first-order valence-corrected chi connectivity index (χ1v) is 16.4. The number of rotatable bonds is 5. The normalized spacial score (nSPS) is 30.2. The van der Waals surface area contributed by atoms with Gasteiger partial charge in [0.2, 0.25) is 5.78 Å². The molecule has 2 amide bonds. The molecule has 1 aromatic rings. The average Bonchev–Trinajstić information content (AvgIpc) is 3.01. The third kappa shape index (κ3) is 9.03. The van der Waals surface area contributed by atoms with Crippen molar-refractivity contribution in [3.63, 3.8) is 0 Å². The van der Waals surface area contributed by atoms with E-state index in [-0.39, 0.29) is 46.5 Å². The molecule has 1 aromatic carbocycles. The zero-order valence-corrected chi connectivity index (χ0v) is 28.3. The lowest BCUT2D eigenvalue weighted by Gasteiger charge is -2.29. The molecule has 4 N–H and O–H groups in total. The van der Waals surface area contributed by atoms with Crippen LogP contribution >= 0.6 is 0 Å². The van der Waals surface area contributed by atoms with Gasteiger partial charge in [-0.3, -0.25) is 14.4 Å². The van der Waals surface area contributed by atoms with E-state index in [1.807, 2.05) is 53.7 Å². The van der Waals surface area contributed by atoms with Gasteiger partial charge in [-0.05, 0) is 62.5 Å². The van der Waals surface area contributed by atoms with Crippen molar-refractivity contribution in [2.75, 3.05) is 0 Å². The second kappa shape index (κ2) is 16.5. The molecule has 0 unspecified atom stereocenters. The van der Waals surface area contributed by atoms with Crippen LogP contribution in [0.4, 0.5) is 4.79 Å². The topological polar surface area (TPSA) is 136 Å². The van der Waals surface area contributed by atoms with Crippen LogP contribution in [0.5, 0.6) is 0 Å². The predicted molar refractivity (Wildman–Crippen MR) is 181 cm³/mol. The number of primary amides is 1. The van der Waals surface area contributed by atoms with Gasteiger partial charge in [0.25, 0.3) is 5.91 Å². The fourth-order valence-corrected chi connectivity index (χ4v) is 6.47. The molecule has 248 valence electrons. The molecule has 1 aliphatic carbocycles. The fourth-order valence-electron chi connectivity index (χ4n) is 6.47. The molecule has 2 aliphatic rings. The number of carbonyl (C=O) groups excluding carboxylic acids is 4. The summed E-state index contributed by atoms with van der Waals surface area (Å²) in [5, 5.41) is 14.1. The Hall–Kier alpha value is -4.04. The lowest BCUT2D eigenvalue weighted by Crippen LogP contribution is -2.35. The highest BCUT2D eigenvalue weighted by molar-refractivity contribution is 6.39. The summed E-state index contributed by atoms with van der Waals surface area (Å²) in [4.78, 5) is 53.9. The van der Waals surface area contributed by atoms with E-state index >= 15 is 0 Å². The number of ether oxygens (including phenoxy) is 1. The molecular weight excluding hydrogens is 580 g/mol. The van der Waals surface area contributed by atoms with Crippen molar-refractivity contribution >= 4 is 29.1 Å². The third-order valence-electron chi connectivity index (χ3n) is 8.96. The van der Waals surface area contributed by atoms with Crippen molar-refractivity contribution in [2.24, 2.45) is 29.4 Å². The first-order valence-electron chi connectivity index (χ1n) is 16.4. The van der Waals surface area contributed by atoms with E-state index in [1.54, 1.807) is 49.4 Å². The number of carbonyl (C=O) groups is 4. The van der Waals surface area contributed by atoms with Gasteiger partial charge in [-0.1, -0.05) is 95.7 Å². The number of nitrogens with one attached hydrogen (secondary N) is 1. The van der Waals surface area contributed by atoms with Gasteiger partial charge in [-0.15, -0.1) is 0 Å². The maximum absolute atomic E-state index is 14.3. The van der Waals surface area contributed by atoms with E-state index in [0.29, 0.717) is 41.5 Å². The number of ketones is 2. The number of allylic oxidation sites excluding steroid dienone is 5. The minimum Gasteiger partial charge on any atom is -0.441 e. The van der Waals surface area contributed by atoms with Gasteiger partial charge >= 0.3 is 6.09 Å². The zero-order chi connectivity index (χ0) is 34.1. The number of nitrogens with two attached hydrogens (primary N) is 1. The van der Waals surface area contributed by atoms with Crippen LogP contribution in [0.1, 0.15) is 86.1 Å². The van der Waals surface area contributed by atoms with Crippen LogP contribution in [0.2, 0.25) is 0 Å². The molecule has 3 rings (SSSR count). The molecule has 8 nitrogen and oxygen atoms in total. The van der Waals surface area contributed by atoms with Crippen LogP contribution in [-0.2, 0) is 19.1 Å². The molecule has 0 fully saturated rings. The Bertz CT molecular complexity index is 1460. The lowest BCUT2D eigenvalue weighted by atomic mass is 9.77. The number of Topliss-reactive ketones (excluding diaryl/α,β-unsaturated/α-hetero) is 2. The summed E-state index contributed by atoms with van der Waals surface area (Å²) in [7, 11) is 0. The minimum atomic E-state index is -0.904. The lowest BCUT2D eigenvalue weighted by molar-refractivity contribution is -0.120. The van der Waals surface area contributed by atoms with Gasteiger partial charge < -0.3 is 20.9 Å². The molecule has 1 heterocycles. The van der Waals surface area contributed by atoms with Gasteiger partial charge in [0, 0.05) is 28.6 Å². The van der Waals surface area contributed by atoms with E-state index in [4.69, 9.17) is 10.5 Å². The van der Waals surface area contributed by atoms with Crippen molar-refractivity contribution < 1.29 is 29.0 Å². The zero-order valence-electron chi connectivity index (χ0n) is 28.3. The summed E-state index contributed by atoms with van der Waals surface area (Å²) in [6, 6.07) is 8.99. The maximum atomic E-state index is 14.3. The number of aliphatic hydroxyl groups excluding tert-OH is 1. The number of hydrogen-bond donors (Lipinski definition) is 3. The fraction of sp³-hybridized carbons (Fsp3) is 0.474. The summed E-state index contributed by atoms with van der Waals surface area (Å²) >= 11 is 0. The average molecular weight is 631 g/mol. The molecule has 46 heavy (non-hydrogen) atoms. The van der Waals surface area contributed by atoms with Gasteiger partial charge in [0.15, 0.2) is 5.78 Å². The number of hydrogen-bond acceptors (Lipinski definition) is 6. The Morgan fingerprint density at radius 3 is 2.33 bits per heavy atom. The number of aliphatic hydroxyl groups is 1. The smallest absolute Gasteiger partial charge is 0.405 e. The molecule has 8 heteroatoms. The van der Waals surface area contributed by atoms with E-state index < -0.39 is 24.2 Å². The van der Waals surface area contributed by atoms with Crippen LogP contribution in [0, 0.1) is 23.7 Å². The Morgan fingerprint density at radius 1 is 1.02 bits per heavy atom. The second-order valence-electron chi connectivity index (χ2n) is 13.0. The first-order chi connectivity index (χ1) is 21.8. The predicted octanol–water partition coefficient (Wildman–Crippen LogP) is 6.76. The molecule has 0 radical (unpaired) electrons. The molecule has 6 atom stereocenters. The summed E-state index contributed by atoms with van der Waals surface area (Å²) in [5.74, 6) is -1.83. The SMILES string of the molecule is CCCCC1=C2C[C@@H](C)C[C@H](C)[C@H](O)[C@@H](C)/C=C(\C)[C@H](OC(N)=O)[C@@H](C)/C=C\C=C(/C)C(=O)NC(=C(c3ccccc3)C1=O)C2=O. The van der Waals surface area contributed by atoms with Crippen LogP contribution in [-0.4, -0.2) is 40.9 Å². The van der Waals surface area contributed by atoms with Gasteiger partial charge in [0.05, 0.1) is 11.7 Å². The number of unbranched alkanes of at least 4 members (excludes halogenated alkanes) is 1. The van der Waals surface area contributed by atoms with E-state index in [2.05, 4.69) is 5.32 Å². The number of fused-ring (bicyclic) bond motifs is 2. The van der Waals surface area contributed by atoms with Crippen LogP contribution in [0.3, 0.4) is 0 Å². The number of amides is 2. The molecule has 1 aliphatic heterocycles. The summed E-state index contributed by atoms with van der Waals surface area (Å²) < 4.78 is 5.47. The summed E-state index contributed by atoms with van der Waals surface area (Å²) in [6.45, 7) is 13.3. The van der Waals surface area contributed by atoms with Crippen molar-refractivity contribution in [1.29, 1.82) is 0 Å².